The molecule has 0 aliphatic carbocycles. The van der Waals surface area contributed by atoms with Crippen LogP contribution in [0.3, 0.4) is 0 Å². The zero-order valence-corrected chi connectivity index (χ0v) is 22.1. The Labute approximate surface area is 223 Å². The number of aromatic amines is 1. The van der Waals surface area contributed by atoms with E-state index in [4.69, 9.17) is 4.52 Å². The first-order valence-electron chi connectivity index (χ1n) is 12.7. The molecule has 1 aromatic carbocycles. The molecule has 2 amide bonds. The summed E-state index contributed by atoms with van der Waals surface area (Å²) in [6, 6.07) is 7.39. The van der Waals surface area contributed by atoms with Crippen LogP contribution in [0.25, 0.3) is 22.2 Å². The second-order valence-electron chi connectivity index (χ2n) is 10.3. The van der Waals surface area contributed by atoms with Crippen molar-refractivity contribution in [2.24, 2.45) is 0 Å². The molecule has 1 aliphatic rings. The molecule has 4 aromatic rings. The number of rotatable bonds is 7. The Kier molecular flexibility index (Phi) is 6.81. The van der Waals surface area contributed by atoms with Crippen molar-refractivity contribution < 1.29 is 23.6 Å². The van der Waals surface area contributed by atoms with Crippen molar-refractivity contribution in [3.8, 4) is 11.1 Å². The predicted octanol–water partition coefficient (Wildman–Crippen LogP) is 3.19. The number of hydrogen-bond donors (Lipinski definition) is 4. The van der Waals surface area contributed by atoms with Crippen LogP contribution in [0, 0.1) is 5.82 Å². The molecule has 2 atom stereocenters. The number of aromatic nitrogens is 4. The molecule has 4 N–H and O–H groups in total. The first-order chi connectivity index (χ1) is 18.5. The van der Waals surface area contributed by atoms with E-state index < -0.39 is 23.4 Å². The lowest BCUT2D eigenvalue weighted by Gasteiger charge is -2.18. The Balaban J connectivity index is 1.38. The third-order valence-corrected chi connectivity index (χ3v) is 6.81. The third-order valence-electron chi connectivity index (χ3n) is 6.81. The Morgan fingerprint density at radius 3 is 2.77 bits per heavy atom. The Morgan fingerprint density at radius 1 is 1.28 bits per heavy atom. The Bertz CT molecular complexity index is 1540. The van der Waals surface area contributed by atoms with Crippen molar-refractivity contribution in [1.82, 2.24) is 31.0 Å². The zero-order valence-electron chi connectivity index (χ0n) is 22.1. The average molecular weight is 536 g/mol. The number of H-pyrrole nitrogens is 1. The molecular formula is C27H30FN7O4. The fourth-order valence-corrected chi connectivity index (χ4v) is 4.83. The van der Waals surface area contributed by atoms with E-state index in [0.29, 0.717) is 35.7 Å². The van der Waals surface area contributed by atoms with E-state index in [-0.39, 0.29) is 23.4 Å². The highest BCUT2D eigenvalue weighted by Gasteiger charge is 2.28. The normalized spacial score (nSPS) is 16.5. The number of anilines is 1. The molecule has 0 radical (unpaired) electrons. The van der Waals surface area contributed by atoms with Gasteiger partial charge in [0.1, 0.15) is 11.4 Å². The van der Waals surface area contributed by atoms with E-state index in [9.17, 15) is 14.7 Å². The molecule has 1 aliphatic heterocycles. The smallest absolute Gasteiger partial charge is 0.273 e. The van der Waals surface area contributed by atoms with Gasteiger partial charge in [-0.25, -0.2) is 9.37 Å². The van der Waals surface area contributed by atoms with Gasteiger partial charge in [0.05, 0.1) is 11.4 Å². The molecular weight excluding hydrogens is 505 g/mol. The number of fused-ring (bicyclic) bond motifs is 1. The van der Waals surface area contributed by atoms with Gasteiger partial charge in [0, 0.05) is 43.9 Å². The molecule has 11 nitrogen and oxygen atoms in total. The van der Waals surface area contributed by atoms with E-state index in [2.05, 4.69) is 35.9 Å². The van der Waals surface area contributed by atoms with Crippen molar-refractivity contribution in [3.63, 3.8) is 0 Å². The van der Waals surface area contributed by atoms with Gasteiger partial charge in [-0.05, 0) is 50.5 Å². The molecule has 0 spiro atoms. The lowest BCUT2D eigenvalue weighted by atomic mass is 9.99. The number of benzene rings is 1. The van der Waals surface area contributed by atoms with Crippen molar-refractivity contribution in [3.05, 3.63) is 59.4 Å². The van der Waals surface area contributed by atoms with Crippen LogP contribution in [0.5, 0.6) is 0 Å². The van der Waals surface area contributed by atoms with Crippen molar-refractivity contribution in [1.29, 1.82) is 0 Å². The highest BCUT2D eigenvalue weighted by Crippen LogP contribution is 2.35. The van der Waals surface area contributed by atoms with Crippen LogP contribution < -0.4 is 15.5 Å². The van der Waals surface area contributed by atoms with Gasteiger partial charge in [0.2, 0.25) is 5.91 Å². The van der Waals surface area contributed by atoms with Gasteiger partial charge in [0.25, 0.3) is 5.91 Å². The fraction of sp³-hybridized carbons (Fsp3) is 0.370. The fourth-order valence-electron chi connectivity index (χ4n) is 4.83. The zero-order chi connectivity index (χ0) is 27.9. The lowest BCUT2D eigenvalue weighted by Crippen LogP contribution is -2.35. The molecule has 4 heterocycles. The molecule has 5 rings (SSSR count). The van der Waals surface area contributed by atoms with Gasteiger partial charge >= 0.3 is 0 Å². The predicted molar refractivity (Wildman–Crippen MR) is 141 cm³/mol. The summed E-state index contributed by atoms with van der Waals surface area (Å²) in [5.74, 6) is -0.259. The van der Waals surface area contributed by atoms with Crippen LogP contribution in [0.15, 0.2) is 41.1 Å². The number of hydrogen-bond acceptors (Lipinski definition) is 8. The van der Waals surface area contributed by atoms with E-state index in [1.165, 1.54) is 32.9 Å². The standard InChI is InChI=1S/C27H30FN7O4/c1-14(30-26(37)21-12-22(39-34-21)27(3,4)38)18-6-5-16(11-20(18)28)19-7-9-29-24-23(19)25(33-32-24)35-10-8-17(13-35)31-15(2)36/h5-7,9,11-12,14,17,38H,8,10,13H2,1-4H3,(H,30,37)(H,31,36)(H,29,32,33)/t14?,17-/m1/s1. The van der Waals surface area contributed by atoms with Gasteiger partial charge in [-0.1, -0.05) is 17.3 Å². The quantitative estimate of drug-likeness (QED) is 0.282. The maximum Gasteiger partial charge on any atom is 0.273 e. The van der Waals surface area contributed by atoms with Crippen LogP contribution in [-0.2, 0) is 10.4 Å². The minimum absolute atomic E-state index is 0.00896. The molecule has 39 heavy (non-hydrogen) atoms. The monoisotopic (exact) mass is 535 g/mol. The third kappa shape index (κ3) is 5.32. The number of carbonyl (C=O) groups is 2. The van der Waals surface area contributed by atoms with E-state index >= 15 is 4.39 Å². The highest BCUT2D eigenvalue weighted by atomic mass is 19.1. The number of amides is 2. The van der Waals surface area contributed by atoms with Gasteiger partial charge in [-0.2, -0.15) is 5.10 Å². The maximum atomic E-state index is 15.4. The molecule has 3 aromatic heterocycles. The highest BCUT2D eigenvalue weighted by molar-refractivity contribution is 6.01. The van der Waals surface area contributed by atoms with Crippen LogP contribution in [0.4, 0.5) is 10.2 Å². The molecule has 204 valence electrons. The van der Waals surface area contributed by atoms with Crippen LogP contribution in [-0.4, -0.2) is 56.4 Å². The second-order valence-corrected chi connectivity index (χ2v) is 10.3. The van der Waals surface area contributed by atoms with Gasteiger partial charge in [0.15, 0.2) is 22.9 Å². The van der Waals surface area contributed by atoms with Gasteiger partial charge < -0.3 is 25.2 Å². The van der Waals surface area contributed by atoms with Crippen molar-refractivity contribution >= 4 is 28.7 Å². The summed E-state index contributed by atoms with van der Waals surface area (Å²) in [4.78, 5) is 30.6. The summed E-state index contributed by atoms with van der Waals surface area (Å²) in [5, 5.41) is 27.6. The second kappa shape index (κ2) is 10.1. The summed E-state index contributed by atoms with van der Waals surface area (Å²) < 4.78 is 20.4. The summed E-state index contributed by atoms with van der Waals surface area (Å²) in [7, 11) is 0. The number of nitrogens with zero attached hydrogens (tertiary/aromatic N) is 4. The number of aliphatic hydroxyl groups is 1. The molecule has 12 heteroatoms. The first-order valence-corrected chi connectivity index (χ1v) is 12.7. The minimum atomic E-state index is -1.28. The number of pyridine rings is 1. The van der Waals surface area contributed by atoms with Crippen molar-refractivity contribution in [2.45, 2.75) is 51.8 Å². The Hall–Kier alpha value is -4.32. The van der Waals surface area contributed by atoms with Gasteiger partial charge in [-0.3, -0.25) is 14.7 Å². The summed E-state index contributed by atoms with van der Waals surface area (Å²) in [5.41, 5.74) is 0.978. The summed E-state index contributed by atoms with van der Waals surface area (Å²) in [6.45, 7) is 7.54. The molecule has 1 saturated heterocycles. The summed E-state index contributed by atoms with van der Waals surface area (Å²) in [6.07, 6.45) is 2.43. The Morgan fingerprint density at radius 2 is 2.08 bits per heavy atom. The largest absolute Gasteiger partial charge is 0.382 e. The molecule has 0 saturated carbocycles. The number of halogens is 1. The SMILES string of the molecule is CC(=O)N[C@@H]1CCN(c2n[nH]c3nccc(-c4ccc(C(C)NC(=O)c5cc(C(C)(C)O)on5)c(F)c4)c23)C1. The number of nitrogens with one attached hydrogen (secondary N) is 3. The van der Waals surface area contributed by atoms with E-state index in [0.717, 1.165) is 17.4 Å². The van der Waals surface area contributed by atoms with Gasteiger partial charge in [-0.15, -0.1) is 0 Å². The van der Waals surface area contributed by atoms with Crippen LogP contribution >= 0.6 is 0 Å². The molecule has 1 unspecified atom stereocenters. The topological polar surface area (TPSA) is 149 Å². The van der Waals surface area contributed by atoms with Crippen LogP contribution in [0.2, 0.25) is 0 Å². The molecule has 0 bridgehead atoms. The first kappa shape index (κ1) is 26.3. The maximum absolute atomic E-state index is 15.4. The van der Waals surface area contributed by atoms with E-state index in [1.807, 2.05) is 6.07 Å². The van der Waals surface area contributed by atoms with Crippen LogP contribution in [0.1, 0.15) is 62.0 Å². The lowest BCUT2D eigenvalue weighted by molar-refractivity contribution is -0.119. The number of carbonyl (C=O) groups excluding carboxylic acids is 2. The van der Waals surface area contributed by atoms with Crippen molar-refractivity contribution in [2.75, 3.05) is 18.0 Å². The van der Waals surface area contributed by atoms with E-state index in [1.54, 1.807) is 25.3 Å². The summed E-state index contributed by atoms with van der Waals surface area (Å²) >= 11 is 0. The molecule has 1 fully saturated rings. The average Bonchev–Trinajstić information content (AvgIpc) is 3.62. The minimum Gasteiger partial charge on any atom is -0.382 e.